The molecule has 0 bridgehead atoms. The van der Waals surface area contributed by atoms with Gasteiger partial charge in [0, 0.05) is 0 Å². The Morgan fingerprint density at radius 3 is 2.38 bits per heavy atom. The van der Waals surface area contributed by atoms with Gasteiger partial charge in [0.2, 0.25) is 10.0 Å². The number of methoxy groups -OCH3 is 2. The Bertz CT molecular complexity index is 654. The van der Waals surface area contributed by atoms with Gasteiger partial charge in [-0.2, -0.15) is 4.72 Å². The van der Waals surface area contributed by atoms with Crippen molar-refractivity contribution in [2.45, 2.75) is 17.9 Å². The van der Waals surface area contributed by atoms with Crippen LogP contribution in [-0.2, 0) is 19.6 Å². The smallest absolute Gasteiger partial charge is 0.339 e. The third-order valence-corrected chi connectivity index (χ3v) is 4.14. The van der Waals surface area contributed by atoms with E-state index in [1.165, 1.54) is 26.2 Å². The number of carbonyl (C=O) groups excluding carboxylic acids is 1. The molecular weight excluding hydrogens is 302 g/mol. The summed E-state index contributed by atoms with van der Waals surface area (Å²) >= 11 is 0. The van der Waals surface area contributed by atoms with E-state index < -0.39 is 28.0 Å². The molecule has 0 fully saturated rings. The zero-order valence-electron chi connectivity index (χ0n) is 11.6. The average molecular weight is 317 g/mol. The number of hydrogen-bond acceptors (Lipinski definition) is 6. The molecule has 0 saturated heterocycles. The highest BCUT2D eigenvalue weighted by Gasteiger charge is 2.24. The van der Waals surface area contributed by atoms with Crippen LogP contribution in [0.1, 0.15) is 17.3 Å². The van der Waals surface area contributed by atoms with Crippen molar-refractivity contribution in [2.75, 3.05) is 14.2 Å². The summed E-state index contributed by atoms with van der Waals surface area (Å²) in [4.78, 5) is 22.0. The van der Waals surface area contributed by atoms with E-state index in [1.54, 1.807) is 0 Å². The highest BCUT2D eigenvalue weighted by Crippen LogP contribution is 2.22. The minimum atomic E-state index is -4.07. The fourth-order valence-electron chi connectivity index (χ4n) is 1.55. The lowest BCUT2D eigenvalue weighted by atomic mass is 10.2. The number of carboxylic acids is 1. The first-order chi connectivity index (χ1) is 9.72. The third-order valence-electron chi connectivity index (χ3n) is 2.60. The summed E-state index contributed by atoms with van der Waals surface area (Å²) in [7, 11) is -1.67. The van der Waals surface area contributed by atoms with Gasteiger partial charge in [-0.3, -0.25) is 4.79 Å². The zero-order valence-corrected chi connectivity index (χ0v) is 12.4. The van der Waals surface area contributed by atoms with Gasteiger partial charge in [-0.25, -0.2) is 13.2 Å². The summed E-state index contributed by atoms with van der Waals surface area (Å²) in [5.74, 6) is -2.06. The van der Waals surface area contributed by atoms with Gasteiger partial charge in [0.05, 0.1) is 19.1 Å². The van der Waals surface area contributed by atoms with Crippen molar-refractivity contribution in [3.63, 3.8) is 0 Å². The predicted molar refractivity (Wildman–Crippen MR) is 71.8 cm³/mol. The van der Waals surface area contributed by atoms with Gasteiger partial charge in [0.1, 0.15) is 17.4 Å². The minimum Gasteiger partial charge on any atom is -0.496 e. The van der Waals surface area contributed by atoms with Crippen molar-refractivity contribution < 1.29 is 32.6 Å². The lowest BCUT2D eigenvalue weighted by Crippen LogP contribution is -2.39. The van der Waals surface area contributed by atoms with E-state index >= 15 is 0 Å². The first-order valence-electron chi connectivity index (χ1n) is 5.74. The molecule has 0 spiro atoms. The molecule has 21 heavy (non-hydrogen) atoms. The molecule has 0 heterocycles. The van der Waals surface area contributed by atoms with Gasteiger partial charge in [-0.1, -0.05) is 0 Å². The van der Waals surface area contributed by atoms with Crippen LogP contribution in [0.4, 0.5) is 0 Å². The molecule has 0 aliphatic heterocycles. The average Bonchev–Trinajstić information content (AvgIpc) is 2.44. The third kappa shape index (κ3) is 3.92. The summed E-state index contributed by atoms with van der Waals surface area (Å²) in [6.07, 6.45) is 0. The first-order valence-corrected chi connectivity index (χ1v) is 7.22. The van der Waals surface area contributed by atoms with E-state index in [0.29, 0.717) is 0 Å². The Kier molecular flexibility index (Phi) is 5.28. The van der Waals surface area contributed by atoms with Crippen molar-refractivity contribution in [3.8, 4) is 5.75 Å². The van der Waals surface area contributed by atoms with Crippen molar-refractivity contribution in [3.05, 3.63) is 23.8 Å². The molecule has 9 heteroatoms. The quantitative estimate of drug-likeness (QED) is 0.721. The molecule has 0 amide bonds. The Balaban J connectivity index is 3.18. The van der Waals surface area contributed by atoms with Crippen LogP contribution in [-0.4, -0.2) is 45.7 Å². The van der Waals surface area contributed by atoms with Gasteiger partial charge >= 0.3 is 11.9 Å². The molecule has 0 saturated carbocycles. The molecular formula is C12H15NO7S. The molecule has 0 aliphatic carbocycles. The number of carbonyl (C=O) groups is 2. The number of rotatable bonds is 6. The van der Waals surface area contributed by atoms with Gasteiger partial charge in [0.15, 0.2) is 0 Å². The number of carboxylic acid groups (broad SMARTS) is 1. The molecule has 1 rings (SSSR count). The predicted octanol–water partition coefficient (Wildman–Crippen LogP) is 0.233. The van der Waals surface area contributed by atoms with Crippen LogP contribution in [0.2, 0.25) is 0 Å². The van der Waals surface area contributed by atoms with E-state index in [9.17, 15) is 18.0 Å². The van der Waals surface area contributed by atoms with Crippen LogP contribution in [0.25, 0.3) is 0 Å². The number of sulfonamides is 1. The number of benzene rings is 1. The molecule has 1 aromatic carbocycles. The molecule has 8 nitrogen and oxygen atoms in total. The maximum atomic E-state index is 12.1. The Morgan fingerprint density at radius 1 is 1.29 bits per heavy atom. The molecule has 1 atom stereocenters. The normalized spacial score (nSPS) is 12.5. The highest BCUT2D eigenvalue weighted by atomic mass is 32.2. The molecule has 0 unspecified atom stereocenters. The SMILES string of the molecule is COC(=O)[C@H](C)NS(=O)(=O)c1ccc(OC)c(C(=O)O)c1. The van der Waals surface area contributed by atoms with Crippen molar-refractivity contribution >= 4 is 22.0 Å². The zero-order chi connectivity index (χ0) is 16.2. The molecule has 2 N–H and O–H groups in total. The van der Waals surface area contributed by atoms with Gasteiger partial charge < -0.3 is 14.6 Å². The number of nitrogens with one attached hydrogen (secondary N) is 1. The van der Waals surface area contributed by atoms with Crippen LogP contribution in [0.3, 0.4) is 0 Å². The second-order valence-corrected chi connectivity index (χ2v) is 5.75. The van der Waals surface area contributed by atoms with E-state index in [4.69, 9.17) is 9.84 Å². The van der Waals surface area contributed by atoms with Crippen molar-refractivity contribution in [1.29, 1.82) is 0 Å². The van der Waals surface area contributed by atoms with Crippen molar-refractivity contribution in [1.82, 2.24) is 4.72 Å². The standard InChI is InChI=1S/C12H15NO7S/c1-7(12(16)20-3)13-21(17,18)8-4-5-10(19-2)9(6-8)11(14)15/h4-7,13H,1-3H3,(H,14,15)/t7-/m0/s1. The lowest BCUT2D eigenvalue weighted by molar-refractivity contribution is -0.142. The van der Waals surface area contributed by atoms with Gasteiger partial charge in [0.25, 0.3) is 0 Å². The van der Waals surface area contributed by atoms with E-state index in [2.05, 4.69) is 9.46 Å². The summed E-state index contributed by atoms with van der Waals surface area (Å²) < 4.78 is 35.5. The molecule has 1 aromatic rings. The molecule has 0 aromatic heterocycles. The van der Waals surface area contributed by atoms with Crippen LogP contribution in [0.15, 0.2) is 23.1 Å². The number of esters is 1. The van der Waals surface area contributed by atoms with Crippen LogP contribution < -0.4 is 9.46 Å². The van der Waals surface area contributed by atoms with Crippen molar-refractivity contribution in [2.24, 2.45) is 0 Å². The maximum Gasteiger partial charge on any atom is 0.339 e. The largest absolute Gasteiger partial charge is 0.496 e. The Hall–Kier alpha value is -2.13. The van der Waals surface area contributed by atoms with Gasteiger partial charge in [-0.15, -0.1) is 0 Å². The number of aromatic carboxylic acids is 1. The summed E-state index contributed by atoms with van der Waals surface area (Å²) in [5, 5.41) is 9.03. The van der Waals surface area contributed by atoms with Crippen LogP contribution >= 0.6 is 0 Å². The number of hydrogen-bond donors (Lipinski definition) is 2. The van der Waals surface area contributed by atoms with E-state index in [-0.39, 0.29) is 16.2 Å². The second kappa shape index (κ2) is 6.55. The Labute approximate surface area is 121 Å². The minimum absolute atomic E-state index is 0.0301. The molecule has 0 radical (unpaired) electrons. The molecule has 0 aliphatic rings. The highest BCUT2D eigenvalue weighted by molar-refractivity contribution is 7.89. The number of ether oxygens (including phenoxy) is 2. The van der Waals surface area contributed by atoms with Gasteiger partial charge in [-0.05, 0) is 25.1 Å². The lowest BCUT2D eigenvalue weighted by Gasteiger charge is -2.13. The second-order valence-electron chi connectivity index (χ2n) is 4.03. The fourth-order valence-corrected chi connectivity index (χ4v) is 2.76. The first kappa shape index (κ1) is 16.9. The summed E-state index contributed by atoms with van der Waals surface area (Å²) in [6, 6.07) is 2.25. The summed E-state index contributed by atoms with van der Waals surface area (Å²) in [5.41, 5.74) is -0.300. The summed E-state index contributed by atoms with van der Waals surface area (Å²) in [6.45, 7) is 1.31. The van der Waals surface area contributed by atoms with Crippen LogP contribution in [0.5, 0.6) is 5.75 Å². The monoisotopic (exact) mass is 317 g/mol. The van der Waals surface area contributed by atoms with E-state index in [0.717, 1.165) is 13.2 Å². The van der Waals surface area contributed by atoms with Crippen LogP contribution in [0, 0.1) is 0 Å². The maximum absolute atomic E-state index is 12.1. The topological polar surface area (TPSA) is 119 Å². The Morgan fingerprint density at radius 2 is 1.90 bits per heavy atom. The fraction of sp³-hybridized carbons (Fsp3) is 0.333. The van der Waals surface area contributed by atoms with E-state index in [1.807, 2.05) is 0 Å². The molecule has 116 valence electrons.